The molecule has 1 heterocycles. The summed E-state index contributed by atoms with van der Waals surface area (Å²) in [6.07, 6.45) is -0.429. The fraction of sp³-hybridized carbons (Fsp3) is 0.222. The molecule has 0 spiro atoms. The van der Waals surface area contributed by atoms with Crippen molar-refractivity contribution in [1.82, 2.24) is 0 Å². The fourth-order valence-corrected chi connectivity index (χ4v) is 3.15. The van der Waals surface area contributed by atoms with Crippen LogP contribution < -0.4 is 4.90 Å². The highest BCUT2D eigenvalue weighted by Gasteiger charge is 2.50. The Labute approximate surface area is 143 Å². The van der Waals surface area contributed by atoms with Gasteiger partial charge in [0.1, 0.15) is 5.82 Å². The fourth-order valence-electron chi connectivity index (χ4n) is 2.98. The first-order chi connectivity index (χ1) is 11.4. The zero-order chi connectivity index (χ0) is 17.5. The number of anilines is 1. The average Bonchev–Trinajstić information content (AvgIpc) is 2.76. The zero-order valence-electron chi connectivity index (χ0n) is 12.9. The lowest BCUT2D eigenvalue weighted by Crippen LogP contribution is -2.41. The molecule has 2 aromatic carbocycles. The lowest BCUT2D eigenvalue weighted by Gasteiger charge is -2.22. The molecule has 1 amide bonds. The second-order valence-corrected chi connectivity index (χ2v) is 6.11. The maximum absolute atomic E-state index is 13.0. The summed E-state index contributed by atoms with van der Waals surface area (Å²) in [5.74, 6) is -1.47. The molecule has 1 aliphatic rings. The predicted octanol–water partition coefficient (Wildman–Crippen LogP) is 3.31. The minimum Gasteiger partial charge on any atom is -0.375 e. The first kappa shape index (κ1) is 16.6. The van der Waals surface area contributed by atoms with Crippen molar-refractivity contribution in [2.75, 3.05) is 11.4 Å². The van der Waals surface area contributed by atoms with Crippen molar-refractivity contribution < 1.29 is 19.1 Å². The van der Waals surface area contributed by atoms with Crippen molar-refractivity contribution in [2.45, 2.75) is 18.9 Å². The van der Waals surface area contributed by atoms with Crippen LogP contribution >= 0.6 is 11.6 Å². The summed E-state index contributed by atoms with van der Waals surface area (Å²) in [6, 6.07) is 9.77. The van der Waals surface area contributed by atoms with Gasteiger partial charge < -0.3 is 10.0 Å². The molecule has 0 radical (unpaired) electrons. The van der Waals surface area contributed by atoms with Gasteiger partial charge in [-0.05, 0) is 49.4 Å². The van der Waals surface area contributed by atoms with Gasteiger partial charge in [0.2, 0.25) is 0 Å². The normalized spacial score (nSPS) is 19.5. The van der Waals surface area contributed by atoms with E-state index in [2.05, 4.69) is 0 Å². The van der Waals surface area contributed by atoms with Crippen LogP contribution in [0.5, 0.6) is 0 Å². The molecule has 2 aromatic rings. The molecule has 1 atom stereocenters. The van der Waals surface area contributed by atoms with E-state index in [9.17, 15) is 19.1 Å². The Morgan fingerprint density at radius 2 is 1.92 bits per heavy atom. The lowest BCUT2D eigenvalue weighted by molar-refractivity contribution is -0.135. The van der Waals surface area contributed by atoms with E-state index >= 15 is 0 Å². The van der Waals surface area contributed by atoms with Crippen molar-refractivity contribution in [3.63, 3.8) is 0 Å². The Kier molecular flexibility index (Phi) is 4.15. The monoisotopic (exact) mass is 347 g/mol. The highest BCUT2D eigenvalue weighted by molar-refractivity contribution is 6.31. The molecule has 24 heavy (non-hydrogen) atoms. The van der Waals surface area contributed by atoms with Crippen molar-refractivity contribution in [1.29, 1.82) is 0 Å². The number of ketones is 1. The lowest BCUT2D eigenvalue weighted by atomic mass is 9.88. The van der Waals surface area contributed by atoms with Crippen LogP contribution in [0.2, 0.25) is 5.02 Å². The standard InChI is InChI=1S/C18H15ClFNO3/c1-2-21-15-8-5-12(19)9-14(15)18(24,17(21)23)10-16(22)11-3-6-13(20)7-4-11/h3-9,24H,2,10H2,1H3. The number of rotatable bonds is 4. The van der Waals surface area contributed by atoms with Crippen LogP contribution in [0.1, 0.15) is 29.3 Å². The maximum Gasteiger partial charge on any atom is 0.264 e. The molecule has 6 heteroatoms. The number of halogens is 2. The molecular weight excluding hydrogens is 333 g/mol. The largest absolute Gasteiger partial charge is 0.375 e. The molecular formula is C18H15ClFNO3. The Morgan fingerprint density at radius 3 is 2.54 bits per heavy atom. The molecule has 0 aliphatic carbocycles. The molecule has 1 aliphatic heterocycles. The Balaban J connectivity index is 2.00. The van der Waals surface area contributed by atoms with Gasteiger partial charge in [0, 0.05) is 22.7 Å². The first-order valence-electron chi connectivity index (χ1n) is 7.50. The number of Topliss-reactive ketones (excluding diaryl/α,β-unsaturated/α-hetero) is 1. The highest BCUT2D eigenvalue weighted by atomic mass is 35.5. The van der Waals surface area contributed by atoms with Crippen molar-refractivity contribution in [2.24, 2.45) is 0 Å². The molecule has 0 aromatic heterocycles. The molecule has 0 bridgehead atoms. The van der Waals surface area contributed by atoms with Crippen molar-refractivity contribution in [3.8, 4) is 0 Å². The summed E-state index contributed by atoms with van der Waals surface area (Å²) in [5.41, 5.74) is -0.878. The maximum atomic E-state index is 13.0. The third-order valence-electron chi connectivity index (χ3n) is 4.19. The van der Waals surface area contributed by atoms with Crippen LogP contribution in [0, 0.1) is 5.82 Å². The average molecular weight is 348 g/mol. The summed E-state index contributed by atoms with van der Waals surface area (Å²) in [6.45, 7) is 2.14. The second kappa shape index (κ2) is 6.00. The number of nitrogens with zero attached hydrogens (tertiary/aromatic N) is 1. The van der Waals surface area contributed by atoms with E-state index in [1.54, 1.807) is 19.1 Å². The second-order valence-electron chi connectivity index (χ2n) is 5.68. The number of hydrogen-bond donors (Lipinski definition) is 1. The number of carbonyl (C=O) groups is 2. The number of carbonyl (C=O) groups excluding carboxylic acids is 2. The SMILES string of the molecule is CCN1C(=O)C(O)(CC(=O)c2ccc(F)cc2)c2cc(Cl)ccc21. The number of aliphatic hydroxyl groups is 1. The summed E-state index contributed by atoms with van der Waals surface area (Å²) in [5, 5.41) is 11.3. The number of hydrogen-bond acceptors (Lipinski definition) is 3. The summed E-state index contributed by atoms with van der Waals surface area (Å²) < 4.78 is 13.0. The van der Waals surface area contributed by atoms with Crippen LogP contribution in [0.4, 0.5) is 10.1 Å². The minimum absolute atomic E-state index is 0.233. The smallest absolute Gasteiger partial charge is 0.264 e. The van der Waals surface area contributed by atoms with Crippen LogP contribution in [-0.4, -0.2) is 23.3 Å². The van der Waals surface area contributed by atoms with Gasteiger partial charge in [0.25, 0.3) is 5.91 Å². The van der Waals surface area contributed by atoms with Gasteiger partial charge in [0.15, 0.2) is 11.4 Å². The molecule has 3 rings (SSSR count). The predicted molar refractivity (Wildman–Crippen MR) is 88.7 cm³/mol. The summed E-state index contributed by atoms with van der Waals surface area (Å²) in [4.78, 5) is 26.6. The van der Waals surface area contributed by atoms with Gasteiger partial charge in [-0.1, -0.05) is 11.6 Å². The zero-order valence-corrected chi connectivity index (χ0v) is 13.7. The number of likely N-dealkylation sites (N-methyl/N-ethyl adjacent to an activating group) is 1. The van der Waals surface area contributed by atoms with Crippen LogP contribution in [0.3, 0.4) is 0 Å². The van der Waals surface area contributed by atoms with E-state index in [1.165, 1.54) is 23.1 Å². The molecule has 124 valence electrons. The molecule has 4 nitrogen and oxygen atoms in total. The highest BCUT2D eigenvalue weighted by Crippen LogP contribution is 2.43. The van der Waals surface area contributed by atoms with E-state index < -0.39 is 29.5 Å². The minimum atomic E-state index is -1.97. The van der Waals surface area contributed by atoms with Gasteiger partial charge in [0.05, 0.1) is 12.1 Å². The molecule has 0 fully saturated rings. The molecule has 0 saturated heterocycles. The first-order valence-corrected chi connectivity index (χ1v) is 7.87. The summed E-state index contributed by atoms with van der Waals surface area (Å²) >= 11 is 5.99. The Hall–Kier alpha value is -2.24. The topological polar surface area (TPSA) is 57.6 Å². The van der Waals surface area contributed by atoms with E-state index in [1.807, 2.05) is 0 Å². The number of amides is 1. The Morgan fingerprint density at radius 1 is 1.25 bits per heavy atom. The quantitative estimate of drug-likeness (QED) is 0.863. The van der Waals surface area contributed by atoms with E-state index in [0.717, 1.165) is 12.1 Å². The van der Waals surface area contributed by atoms with Gasteiger partial charge >= 0.3 is 0 Å². The third-order valence-corrected chi connectivity index (χ3v) is 4.43. The van der Waals surface area contributed by atoms with Crippen LogP contribution in [0.25, 0.3) is 0 Å². The summed E-state index contributed by atoms with van der Waals surface area (Å²) in [7, 11) is 0. The van der Waals surface area contributed by atoms with Crippen LogP contribution in [0.15, 0.2) is 42.5 Å². The molecule has 0 saturated carbocycles. The number of fused-ring (bicyclic) bond motifs is 1. The number of benzene rings is 2. The van der Waals surface area contributed by atoms with E-state index in [0.29, 0.717) is 22.8 Å². The third kappa shape index (κ3) is 2.60. The van der Waals surface area contributed by atoms with Crippen LogP contribution in [-0.2, 0) is 10.4 Å². The van der Waals surface area contributed by atoms with E-state index in [-0.39, 0.29) is 5.56 Å². The molecule has 1 unspecified atom stereocenters. The van der Waals surface area contributed by atoms with Gasteiger partial charge in [-0.25, -0.2) is 4.39 Å². The van der Waals surface area contributed by atoms with Gasteiger partial charge in [-0.2, -0.15) is 0 Å². The van der Waals surface area contributed by atoms with Gasteiger partial charge in [-0.15, -0.1) is 0 Å². The Bertz CT molecular complexity index is 822. The van der Waals surface area contributed by atoms with E-state index in [4.69, 9.17) is 11.6 Å². The molecule has 1 N–H and O–H groups in total. The van der Waals surface area contributed by atoms with Crippen molar-refractivity contribution >= 4 is 29.0 Å². The van der Waals surface area contributed by atoms with Crippen molar-refractivity contribution in [3.05, 3.63) is 64.4 Å². The van der Waals surface area contributed by atoms with Gasteiger partial charge in [-0.3, -0.25) is 9.59 Å².